The maximum Gasteiger partial charge on any atom is 0.279 e. The number of anilines is 1. The van der Waals surface area contributed by atoms with Crippen molar-refractivity contribution in [1.29, 1.82) is 0 Å². The van der Waals surface area contributed by atoms with E-state index in [2.05, 4.69) is 51.2 Å². The van der Waals surface area contributed by atoms with E-state index in [1.165, 1.54) is 17.0 Å². The maximum atomic E-state index is 12.4. The summed E-state index contributed by atoms with van der Waals surface area (Å²) in [6.07, 6.45) is 4.41. The Morgan fingerprint density at radius 1 is 1.43 bits per heavy atom. The van der Waals surface area contributed by atoms with Gasteiger partial charge >= 0.3 is 0 Å². The van der Waals surface area contributed by atoms with E-state index in [1.54, 1.807) is 0 Å². The fourth-order valence-electron chi connectivity index (χ4n) is 3.45. The van der Waals surface area contributed by atoms with Gasteiger partial charge in [0.05, 0.1) is 12.2 Å². The molecule has 1 aliphatic rings. The van der Waals surface area contributed by atoms with Crippen molar-refractivity contribution in [2.24, 2.45) is 7.05 Å². The molecule has 3 rings (SSSR count). The molecule has 0 bridgehead atoms. The lowest BCUT2D eigenvalue weighted by atomic mass is 10.1. The van der Waals surface area contributed by atoms with Gasteiger partial charge in [-0.2, -0.15) is 0 Å². The number of halogens is 1. The molecule has 0 saturated carbocycles. The third-order valence-electron chi connectivity index (χ3n) is 4.65. The number of rotatable bonds is 4. The Balaban J connectivity index is 1.65. The summed E-state index contributed by atoms with van der Waals surface area (Å²) in [5.74, 6) is 0.0860. The number of aryl methyl sites for hydroxylation is 2. The summed E-state index contributed by atoms with van der Waals surface area (Å²) >= 11 is 3.48. The summed E-state index contributed by atoms with van der Waals surface area (Å²) in [4.78, 5) is 13.8. The fourth-order valence-corrected chi connectivity index (χ4v) is 3.70. The lowest BCUT2D eigenvalue weighted by Gasteiger charge is -2.21. The van der Waals surface area contributed by atoms with Crippen molar-refractivity contribution < 1.29 is 9.69 Å². The molecule has 0 spiro atoms. The molecule has 2 heterocycles. The summed E-state index contributed by atoms with van der Waals surface area (Å²) < 4.78 is 3.23. The van der Waals surface area contributed by atoms with E-state index in [0.717, 1.165) is 28.7 Å². The molecule has 23 heavy (non-hydrogen) atoms. The monoisotopic (exact) mass is 376 g/mol. The number of hydrogen-bond acceptors (Lipinski definition) is 1. The highest BCUT2D eigenvalue weighted by Gasteiger charge is 2.32. The van der Waals surface area contributed by atoms with Crippen molar-refractivity contribution in [3.63, 3.8) is 0 Å². The van der Waals surface area contributed by atoms with Crippen LogP contribution < -0.4 is 10.2 Å². The molecule has 5 heteroatoms. The third-order valence-corrected chi connectivity index (χ3v) is 5.54. The molecular weight excluding hydrogens is 354 g/mol. The first-order valence-corrected chi connectivity index (χ1v) is 8.85. The number of nitrogens with one attached hydrogen (secondary N) is 2. The smallest absolute Gasteiger partial charge is 0.279 e. The second-order valence-electron chi connectivity index (χ2n) is 6.34. The highest BCUT2D eigenvalue weighted by atomic mass is 79.9. The molecule has 1 aromatic heterocycles. The first kappa shape index (κ1) is 16.3. The number of amides is 1. The van der Waals surface area contributed by atoms with Gasteiger partial charge in [0, 0.05) is 36.2 Å². The molecule has 4 nitrogen and oxygen atoms in total. The van der Waals surface area contributed by atoms with Gasteiger partial charge in [-0.3, -0.25) is 4.79 Å². The number of quaternary nitrogens is 1. The Morgan fingerprint density at radius 3 is 2.96 bits per heavy atom. The Bertz CT molecular complexity index is 710. The second kappa shape index (κ2) is 6.89. The van der Waals surface area contributed by atoms with Crippen LogP contribution in [0.1, 0.15) is 30.1 Å². The molecule has 2 N–H and O–H groups in total. The maximum absolute atomic E-state index is 12.4. The van der Waals surface area contributed by atoms with Crippen LogP contribution in [0.25, 0.3) is 0 Å². The highest BCUT2D eigenvalue weighted by Crippen LogP contribution is 2.20. The zero-order valence-corrected chi connectivity index (χ0v) is 15.2. The van der Waals surface area contributed by atoms with Crippen LogP contribution in [0.4, 0.5) is 5.69 Å². The summed E-state index contributed by atoms with van der Waals surface area (Å²) in [5.41, 5.74) is 3.31. The van der Waals surface area contributed by atoms with Gasteiger partial charge < -0.3 is 14.8 Å². The van der Waals surface area contributed by atoms with Crippen LogP contribution in [0.3, 0.4) is 0 Å². The van der Waals surface area contributed by atoms with Crippen molar-refractivity contribution in [1.82, 2.24) is 4.57 Å². The van der Waals surface area contributed by atoms with E-state index in [9.17, 15) is 4.79 Å². The van der Waals surface area contributed by atoms with Crippen LogP contribution in [0.2, 0.25) is 0 Å². The van der Waals surface area contributed by atoms with Gasteiger partial charge in [0.2, 0.25) is 0 Å². The molecule has 0 aliphatic carbocycles. The first-order valence-electron chi connectivity index (χ1n) is 8.06. The minimum Gasteiger partial charge on any atom is -0.350 e. The predicted molar refractivity (Wildman–Crippen MR) is 95.6 cm³/mol. The van der Waals surface area contributed by atoms with Crippen LogP contribution in [-0.4, -0.2) is 23.6 Å². The van der Waals surface area contributed by atoms with E-state index < -0.39 is 0 Å². The van der Waals surface area contributed by atoms with Gasteiger partial charge in [0.25, 0.3) is 5.91 Å². The minimum absolute atomic E-state index is 0.0860. The van der Waals surface area contributed by atoms with E-state index in [1.807, 2.05) is 25.1 Å². The van der Waals surface area contributed by atoms with Gasteiger partial charge in [0.1, 0.15) is 6.04 Å². The molecule has 2 atom stereocenters. The number of carbonyl (C=O) groups is 1. The molecule has 1 saturated heterocycles. The van der Waals surface area contributed by atoms with Crippen molar-refractivity contribution in [3.05, 3.63) is 52.3 Å². The van der Waals surface area contributed by atoms with Gasteiger partial charge in [-0.25, -0.2) is 0 Å². The highest BCUT2D eigenvalue weighted by molar-refractivity contribution is 9.10. The van der Waals surface area contributed by atoms with Crippen LogP contribution in [0.15, 0.2) is 41.0 Å². The number of hydrogen-bond donors (Lipinski definition) is 2. The van der Waals surface area contributed by atoms with Crippen LogP contribution in [-0.2, 0) is 11.8 Å². The van der Waals surface area contributed by atoms with Crippen LogP contribution in [0.5, 0.6) is 0 Å². The summed E-state index contributed by atoms with van der Waals surface area (Å²) in [5, 5.41) is 3.03. The van der Waals surface area contributed by atoms with Crippen molar-refractivity contribution >= 4 is 27.5 Å². The van der Waals surface area contributed by atoms with Crippen molar-refractivity contribution in [2.45, 2.75) is 25.8 Å². The average Bonchev–Trinajstić information content (AvgIpc) is 3.11. The summed E-state index contributed by atoms with van der Waals surface area (Å²) in [6, 6.07) is 10.6. The van der Waals surface area contributed by atoms with Crippen molar-refractivity contribution in [2.75, 3.05) is 18.4 Å². The molecule has 1 fully saturated rings. The predicted octanol–water partition coefficient (Wildman–Crippen LogP) is 2.45. The Hall–Kier alpha value is -1.59. The number of aromatic nitrogens is 1. The van der Waals surface area contributed by atoms with E-state index >= 15 is 0 Å². The molecule has 1 unspecified atom stereocenters. The standard InChI is InChI=1S/C18H22BrN3O/c1-13-11-14(7-8-15(13)19)20-18(23)12-22-10-4-6-17(22)16-5-3-9-21(16)2/h3,5,7-9,11,17H,4,6,10,12H2,1-2H3,(H,20,23)/p+1/t17-/m1/s1. The number of nitrogens with zero attached hydrogens (tertiary/aromatic N) is 1. The number of benzene rings is 1. The molecular formula is C18H23BrN3O+. The first-order chi connectivity index (χ1) is 11.0. The fraction of sp³-hybridized carbons (Fsp3) is 0.389. The normalized spacial score (nSPS) is 20.7. The topological polar surface area (TPSA) is 38.5 Å². The van der Waals surface area contributed by atoms with Gasteiger partial charge in [0.15, 0.2) is 6.54 Å². The SMILES string of the molecule is Cc1cc(NC(=O)C[NH+]2CCC[C@@H]2c2cccn2C)ccc1Br. The lowest BCUT2D eigenvalue weighted by molar-refractivity contribution is -0.910. The molecule has 1 amide bonds. The minimum atomic E-state index is 0.0860. The van der Waals surface area contributed by atoms with Crippen LogP contribution in [0, 0.1) is 6.92 Å². The van der Waals surface area contributed by atoms with E-state index in [-0.39, 0.29) is 5.91 Å². The third kappa shape index (κ3) is 3.67. The Kier molecular flexibility index (Phi) is 4.87. The second-order valence-corrected chi connectivity index (χ2v) is 7.19. The Morgan fingerprint density at radius 2 is 2.26 bits per heavy atom. The zero-order valence-electron chi connectivity index (χ0n) is 13.6. The Labute approximate surface area is 145 Å². The summed E-state index contributed by atoms with van der Waals surface area (Å²) in [6.45, 7) is 3.60. The quantitative estimate of drug-likeness (QED) is 0.844. The largest absolute Gasteiger partial charge is 0.350 e. The van der Waals surface area contributed by atoms with Gasteiger partial charge in [-0.05, 0) is 42.8 Å². The molecule has 0 radical (unpaired) electrons. The average molecular weight is 377 g/mol. The van der Waals surface area contributed by atoms with E-state index in [0.29, 0.717) is 12.6 Å². The number of likely N-dealkylation sites (tertiary alicyclic amines) is 1. The number of carbonyl (C=O) groups excluding carboxylic acids is 1. The zero-order chi connectivity index (χ0) is 16.4. The molecule has 1 aromatic carbocycles. The van der Waals surface area contributed by atoms with Gasteiger partial charge in [-0.1, -0.05) is 15.9 Å². The van der Waals surface area contributed by atoms with Gasteiger partial charge in [-0.15, -0.1) is 0 Å². The van der Waals surface area contributed by atoms with E-state index in [4.69, 9.17) is 0 Å². The van der Waals surface area contributed by atoms with Crippen molar-refractivity contribution in [3.8, 4) is 0 Å². The molecule has 122 valence electrons. The lowest BCUT2D eigenvalue weighted by Crippen LogP contribution is -3.11. The van der Waals surface area contributed by atoms with Crippen LogP contribution >= 0.6 is 15.9 Å². The molecule has 2 aromatic rings. The summed E-state index contributed by atoms with van der Waals surface area (Å²) in [7, 11) is 2.08. The molecule has 1 aliphatic heterocycles.